The average molecular weight is 655 g/mol. The van der Waals surface area contributed by atoms with E-state index in [0.717, 1.165) is 49.0 Å². The average Bonchev–Trinajstić information content (AvgIpc) is 3.29. The number of benzene rings is 3. The van der Waals surface area contributed by atoms with Crippen LogP contribution in [0.4, 0.5) is 21.9 Å². The molecule has 0 bridgehead atoms. The number of urea groups is 1. The lowest BCUT2D eigenvalue weighted by molar-refractivity contribution is 0.137. The van der Waals surface area contributed by atoms with E-state index in [-0.39, 0.29) is 17.0 Å². The molecule has 47 heavy (non-hydrogen) atoms. The second kappa shape index (κ2) is 15.8. The summed E-state index contributed by atoms with van der Waals surface area (Å²) >= 11 is 0. The first-order valence-electron chi connectivity index (χ1n) is 16.0. The number of ether oxygens (including phenoxy) is 1. The summed E-state index contributed by atoms with van der Waals surface area (Å²) in [6.07, 6.45) is 7.07. The van der Waals surface area contributed by atoms with Crippen molar-refractivity contribution in [3.05, 3.63) is 120 Å². The fraction of sp³-hybridized carbons (Fsp3) is 0.297. The number of carbonyl (C=O) groups is 1. The van der Waals surface area contributed by atoms with E-state index in [4.69, 9.17) is 4.74 Å². The largest absolute Gasteiger partial charge is 0.439 e. The lowest BCUT2D eigenvalue weighted by Crippen LogP contribution is -2.43. The molecule has 3 atom stereocenters. The van der Waals surface area contributed by atoms with Gasteiger partial charge in [-0.15, -0.1) is 0 Å². The Balaban J connectivity index is 1.13. The number of hydrogen-bond donors (Lipinski definition) is 3. The van der Waals surface area contributed by atoms with Crippen LogP contribution in [-0.4, -0.2) is 36.7 Å². The summed E-state index contributed by atoms with van der Waals surface area (Å²) in [6, 6.07) is 29.5. The van der Waals surface area contributed by atoms with Crippen molar-refractivity contribution < 1.29 is 23.1 Å². The molecule has 246 valence electrons. The van der Waals surface area contributed by atoms with Crippen LogP contribution < -0.4 is 19.7 Å². The number of nitrogens with one attached hydrogen (secondary N) is 2. The van der Waals surface area contributed by atoms with Crippen LogP contribution in [0.25, 0.3) is 0 Å². The summed E-state index contributed by atoms with van der Waals surface area (Å²) in [5.74, 6) is 1.27. The molecule has 0 saturated heterocycles. The van der Waals surface area contributed by atoms with Gasteiger partial charge in [0.25, 0.3) is 10.0 Å². The van der Waals surface area contributed by atoms with Gasteiger partial charge < -0.3 is 15.2 Å². The molecule has 3 unspecified atom stereocenters. The van der Waals surface area contributed by atoms with Gasteiger partial charge in [0.05, 0.1) is 11.0 Å². The Morgan fingerprint density at radius 3 is 2.30 bits per heavy atom. The number of aliphatic hydroxyl groups is 1. The SMILES string of the molecule is C=C(C)S(=O)(=O)Nc1ccc(Oc2ccc(CC(O)CC3CCCC(N(C(=O)Nc4ccccc4)c4ccccc4)CC3)cn2)cc1. The smallest absolute Gasteiger partial charge is 0.326 e. The Kier molecular flexibility index (Phi) is 11.3. The molecule has 0 aliphatic heterocycles. The molecule has 4 aromatic rings. The van der Waals surface area contributed by atoms with Crippen LogP contribution in [0.15, 0.2) is 115 Å². The number of pyridine rings is 1. The van der Waals surface area contributed by atoms with Crippen molar-refractivity contribution in [2.24, 2.45) is 5.92 Å². The monoisotopic (exact) mass is 654 g/mol. The van der Waals surface area contributed by atoms with E-state index < -0.39 is 16.1 Å². The van der Waals surface area contributed by atoms with E-state index in [1.165, 1.54) is 6.92 Å². The van der Waals surface area contributed by atoms with Crippen molar-refractivity contribution in [2.45, 2.75) is 64.0 Å². The molecule has 3 N–H and O–H groups in total. The quantitative estimate of drug-likeness (QED) is 0.133. The molecule has 1 saturated carbocycles. The maximum Gasteiger partial charge on any atom is 0.326 e. The van der Waals surface area contributed by atoms with Crippen LogP contribution >= 0.6 is 0 Å². The Labute approximate surface area is 277 Å². The zero-order chi connectivity index (χ0) is 33.2. The van der Waals surface area contributed by atoms with Gasteiger partial charge in [-0.25, -0.2) is 18.2 Å². The molecule has 1 heterocycles. The fourth-order valence-electron chi connectivity index (χ4n) is 5.93. The zero-order valence-corrected chi connectivity index (χ0v) is 27.4. The van der Waals surface area contributed by atoms with Gasteiger partial charge in [0.1, 0.15) is 5.75 Å². The molecular weight excluding hydrogens is 612 g/mol. The van der Waals surface area contributed by atoms with Crippen LogP contribution in [0.5, 0.6) is 11.6 Å². The summed E-state index contributed by atoms with van der Waals surface area (Å²) in [5, 5.41) is 14.1. The molecule has 1 aromatic heterocycles. The number of aromatic nitrogens is 1. The molecule has 3 aromatic carbocycles. The van der Waals surface area contributed by atoms with Gasteiger partial charge in [-0.05, 0) is 99.0 Å². The lowest BCUT2D eigenvalue weighted by Gasteiger charge is -2.31. The first-order chi connectivity index (χ1) is 22.7. The third kappa shape index (κ3) is 9.67. The summed E-state index contributed by atoms with van der Waals surface area (Å²) in [6.45, 7) is 4.90. The highest BCUT2D eigenvalue weighted by atomic mass is 32.2. The number of sulfonamides is 1. The summed E-state index contributed by atoms with van der Waals surface area (Å²) in [5.41, 5.74) is 2.97. The summed E-state index contributed by atoms with van der Waals surface area (Å²) in [4.78, 5) is 19.9. The van der Waals surface area contributed by atoms with Crippen LogP contribution in [0.3, 0.4) is 0 Å². The van der Waals surface area contributed by atoms with Crippen molar-refractivity contribution in [3.63, 3.8) is 0 Å². The molecule has 10 heteroatoms. The van der Waals surface area contributed by atoms with E-state index >= 15 is 0 Å². The van der Waals surface area contributed by atoms with Gasteiger partial charge in [-0.1, -0.05) is 61.9 Å². The van der Waals surface area contributed by atoms with Gasteiger partial charge in [0.15, 0.2) is 0 Å². The summed E-state index contributed by atoms with van der Waals surface area (Å²) in [7, 11) is -3.61. The maximum atomic E-state index is 13.5. The number of para-hydroxylation sites is 2. The van der Waals surface area contributed by atoms with Gasteiger partial charge >= 0.3 is 6.03 Å². The Hall–Kier alpha value is -4.67. The van der Waals surface area contributed by atoms with Crippen molar-refractivity contribution in [2.75, 3.05) is 14.9 Å². The zero-order valence-electron chi connectivity index (χ0n) is 26.6. The standard InChI is InChI=1S/C37H42N4O5S/c1-27(2)47(44,45)40-31-18-21-35(22-19-31)46-36-23-17-29(26-38-36)25-34(42)24-28-10-9-15-33(20-16-28)41(32-13-7-4-8-14-32)37(43)39-30-11-5-3-6-12-30/h3-8,11-14,17-19,21-23,26,28,33-34,40,42H,1,9-10,15-16,20,24-25H2,2H3,(H,39,43). The predicted octanol–water partition coefficient (Wildman–Crippen LogP) is 8.13. The Morgan fingerprint density at radius 1 is 0.936 bits per heavy atom. The second-order valence-corrected chi connectivity index (χ2v) is 14.0. The van der Waals surface area contributed by atoms with Crippen LogP contribution in [0.2, 0.25) is 0 Å². The fourth-order valence-corrected chi connectivity index (χ4v) is 6.55. The molecule has 0 radical (unpaired) electrons. The first-order valence-corrected chi connectivity index (χ1v) is 17.4. The molecular formula is C37H42N4O5S. The Morgan fingerprint density at radius 2 is 1.64 bits per heavy atom. The van der Waals surface area contributed by atoms with E-state index in [2.05, 4.69) is 21.6 Å². The Bertz CT molecular complexity index is 1720. The first kappa shape index (κ1) is 33.7. The highest BCUT2D eigenvalue weighted by molar-refractivity contribution is 7.96. The molecule has 1 fully saturated rings. The molecule has 9 nitrogen and oxygen atoms in total. The van der Waals surface area contributed by atoms with Gasteiger partial charge in [-0.2, -0.15) is 0 Å². The van der Waals surface area contributed by atoms with Crippen molar-refractivity contribution in [1.29, 1.82) is 0 Å². The molecule has 2 amide bonds. The number of hydrogen-bond acceptors (Lipinski definition) is 6. The highest BCUT2D eigenvalue weighted by Crippen LogP contribution is 2.33. The number of anilines is 3. The van der Waals surface area contributed by atoms with Gasteiger partial charge in [-0.3, -0.25) is 9.62 Å². The van der Waals surface area contributed by atoms with Crippen LogP contribution in [-0.2, 0) is 16.4 Å². The third-order valence-corrected chi connectivity index (χ3v) is 9.79. The summed E-state index contributed by atoms with van der Waals surface area (Å²) < 4.78 is 32.2. The van der Waals surface area contributed by atoms with E-state index in [1.54, 1.807) is 36.5 Å². The maximum absolute atomic E-state index is 13.5. The van der Waals surface area contributed by atoms with Crippen LogP contribution in [0.1, 0.15) is 51.0 Å². The normalized spacial score (nSPS) is 17.1. The van der Waals surface area contributed by atoms with E-state index in [9.17, 15) is 18.3 Å². The molecule has 5 rings (SSSR count). The van der Waals surface area contributed by atoms with Crippen LogP contribution in [0, 0.1) is 5.92 Å². The number of aliphatic hydroxyl groups excluding tert-OH is 1. The third-order valence-electron chi connectivity index (χ3n) is 8.36. The van der Waals surface area contributed by atoms with Crippen molar-refractivity contribution in [1.82, 2.24) is 4.98 Å². The number of rotatable bonds is 12. The number of amides is 2. The van der Waals surface area contributed by atoms with E-state index in [1.807, 2.05) is 71.6 Å². The van der Waals surface area contributed by atoms with E-state index in [0.29, 0.717) is 36.1 Å². The van der Waals surface area contributed by atoms with Crippen molar-refractivity contribution >= 4 is 33.1 Å². The minimum absolute atomic E-state index is 0.0332. The van der Waals surface area contributed by atoms with Gasteiger partial charge in [0, 0.05) is 35.4 Å². The highest BCUT2D eigenvalue weighted by Gasteiger charge is 2.29. The molecule has 1 aliphatic carbocycles. The number of allylic oxidation sites excluding steroid dienone is 1. The molecule has 1 aliphatic rings. The van der Waals surface area contributed by atoms with Crippen molar-refractivity contribution in [3.8, 4) is 11.6 Å². The molecule has 0 spiro atoms. The predicted molar refractivity (Wildman–Crippen MR) is 187 cm³/mol. The van der Waals surface area contributed by atoms with Gasteiger partial charge in [0.2, 0.25) is 5.88 Å². The lowest BCUT2D eigenvalue weighted by atomic mass is 9.91. The second-order valence-electron chi connectivity index (χ2n) is 12.1. The number of nitrogens with zero attached hydrogens (tertiary/aromatic N) is 2. The minimum atomic E-state index is -3.61. The topological polar surface area (TPSA) is 121 Å². The minimum Gasteiger partial charge on any atom is -0.439 e. The number of carbonyl (C=O) groups excluding carboxylic acids is 1.